The summed E-state index contributed by atoms with van der Waals surface area (Å²) in [6, 6.07) is 0. The molecule has 3 unspecified atom stereocenters. The van der Waals surface area contributed by atoms with Crippen molar-refractivity contribution in [2.75, 3.05) is 36.6 Å². The maximum absolute atomic E-state index is 11.1. The second-order valence-corrected chi connectivity index (χ2v) is 9.06. The molecule has 0 saturated heterocycles. The third-order valence-electron chi connectivity index (χ3n) is 4.51. The molecule has 1 heterocycles. The van der Waals surface area contributed by atoms with E-state index in [2.05, 4.69) is 25.3 Å². The van der Waals surface area contributed by atoms with Crippen molar-refractivity contribution in [2.24, 2.45) is 11.7 Å². The largest absolute Gasteiger partial charge is 0.396 e. The lowest BCUT2D eigenvalue weighted by atomic mass is 10.0. The van der Waals surface area contributed by atoms with E-state index >= 15 is 0 Å². The van der Waals surface area contributed by atoms with Crippen LogP contribution in [-0.4, -0.2) is 76.5 Å². The molecule has 28 heavy (non-hydrogen) atoms. The van der Waals surface area contributed by atoms with Crippen molar-refractivity contribution in [1.29, 1.82) is 0 Å². The van der Waals surface area contributed by atoms with Gasteiger partial charge in [0.05, 0.1) is 17.5 Å². The van der Waals surface area contributed by atoms with Crippen molar-refractivity contribution in [3.8, 4) is 0 Å². The van der Waals surface area contributed by atoms with E-state index in [0.29, 0.717) is 17.7 Å². The van der Waals surface area contributed by atoms with Gasteiger partial charge in [-0.15, -0.1) is 0 Å². The quantitative estimate of drug-likeness (QED) is 0.133. The number of aryl methyl sites for hydroxylation is 1. The van der Waals surface area contributed by atoms with Gasteiger partial charge in [-0.25, -0.2) is 18.1 Å². The lowest BCUT2D eigenvalue weighted by Gasteiger charge is -2.31. The molecule has 0 amide bonds. The molecule has 1 fully saturated rings. The Morgan fingerprint density at radius 1 is 1.39 bits per heavy atom. The first kappa shape index (κ1) is 22.6. The summed E-state index contributed by atoms with van der Waals surface area (Å²) >= 11 is 5.06. The lowest BCUT2D eigenvalue weighted by Crippen LogP contribution is -2.48. The second-order valence-electron chi connectivity index (χ2n) is 6.79. The molecule has 1 saturated carbocycles. The number of hydrogen-bond acceptors (Lipinski definition) is 10. The van der Waals surface area contributed by atoms with Gasteiger partial charge in [0.25, 0.3) is 0 Å². The Hall–Kier alpha value is -1.64. The molecule has 1 aromatic rings. The summed E-state index contributed by atoms with van der Waals surface area (Å²) in [5.74, 6) is -0.155. The van der Waals surface area contributed by atoms with Crippen LogP contribution in [0, 0.1) is 12.8 Å². The molecular formula is C15H26N6O5S2. The van der Waals surface area contributed by atoms with Crippen molar-refractivity contribution in [2.45, 2.75) is 31.6 Å². The van der Waals surface area contributed by atoms with E-state index in [1.807, 2.05) is 0 Å². The fraction of sp³-hybridized carbons (Fsp3) is 0.667. The summed E-state index contributed by atoms with van der Waals surface area (Å²) in [4.78, 5) is 8.53. The number of aliphatic hydroxyl groups is 3. The van der Waals surface area contributed by atoms with Crippen LogP contribution in [0.1, 0.15) is 24.1 Å². The molecule has 158 valence electrons. The number of rotatable bonds is 9. The third kappa shape index (κ3) is 5.46. The normalized spacial score (nSPS) is 24.9. The summed E-state index contributed by atoms with van der Waals surface area (Å²) < 4.78 is 24.5. The number of hydrogen-bond donors (Lipinski definition) is 7. The maximum Gasteiger partial charge on any atom is 0.224 e. The molecule has 0 spiro atoms. The summed E-state index contributed by atoms with van der Waals surface area (Å²) in [7, 11) is -3.31. The molecule has 2 rings (SSSR count). The zero-order valence-electron chi connectivity index (χ0n) is 15.6. The molecule has 0 bridgehead atoms. The third-order valence-corrected chi connectivity index (χ3v) is 5.44. The molecule has 0 aromatic carbocycles. The van der Waals surface area contributed by atoms with Gasteiger partial charge < -0.3 is 31.7 Å². The Morgan fingerprint density at radius 2 is 2.07 bits per heavy atom. The molecule has 13 heteroatoms. The highest BCUT2D eigenvalue weighted by molar-refractivity contribution is 7.88. The molecule has 0 aliphatic heterocycles. The van der Waals surface area contributed by atoms with E-state index in [0.717, 1.165) is 6.26 Å². The fourth-order valence-electron chi connectivity index (χ4n) is 3.08. The van der Waals surface area contributed by atoms with E-state index in [4.69, 9.17) is 18.0 Å². The van der Waals surface area contributed by atoms with Crippen LogP contribution in [0.4, 0.5) is 11.8 Å². The molecule has 3 atom stereocenters. The predicted molar refractivity (Wildman–Crippen MR) is 108 cm³/mol. The van der Waals surface area contributed by atoms with Crippen molar-refractivity contribution < 1.29 is 23.7 Å². The minimum Gasteiger partial charge on any atom is -0.396 e. The molecule has 1 aliphatic carbocycles. The minimum absolute atomic E-state index is 0.0140. The van der Waals surface area contributed by atoms with Crippen molar-refractivity contribution in [3.63, 3.8) is 0 Å². The fourth-order valence-corrected chi connectivity index (χ4v) is 3.80. The molecule has 0 radical (unpaired) electrons. The van der Waals surface area contributed by atoms with Crippen LogP contribution in [0.5, 0.6) is 0 Å². The van der Waals surface area contributed by atoms with Gasteiger partial charge in [-0.3, -0.25) is 0 Å². The van der Waals surface area contributed by atoms with Crippen LogP contribution in [0.25, 0.3) is 0 Å². The summed E-state index contributed by atoms with van der Waals surface area (Å²) in [6.07, 6.45) is 0.470. The van der Waals surface area contributed by atoms with Crippen molar-refractivity contribution >= 4 is 39.0 Å². The van der Waals surface area contributed by atoms with Gasteiger partial charge in [-0.2, -0.15) is 4.98 Å². The van der Waals surface area contributed by atoms with E-state index in [1.165, 1.54) is 0 Å². The van der Waals surface area contributed by atoms with E-state index < -0.39 is 27.8 Å². The van der Waals surface area contributed by atoms with Crippen LogP contribution < -0.4 is 21.1 Å². The van der Waals surface area contributed by atoms with Gasteiger partial charge in [-0.05, 0) is 19.8 Å². The number of nitrogens with two attached hydrogens (primary N) is 1. The first-order valence-corrected chi connectivity index (χ1v) is 10.9. The zero-order valence-corrected chi connectivity index (χ0v) is 17.3. The van der Waals surface area contributed by atoms with Crippen LogP contribution in [0.3, 0.4) is 0 Å². The van der Waals surface area contributed by atoms with Gasteiger partial charge in [-0.1, -0.05) is 12.2 Å². The number of sulfonamides is 1. The van der Waals surface area contributed by atoms with Gasteiger partial charge in [0.1, 0.15) is 16.9 Å². The molecule has 1 aromatic heterocycles. The SMILES string of the molecule is Cc1nc(NCCNS(C)(=O)=O)nc(NC2(O)CCC(CO)C2O)c1C(N)=S. The molecule has 8 N–H and O–H groups in total. The Balaban J connectivity index is 2.24. The number of anilines is 2. The molecule has 11 nitrogen and oxygen atoms in total. The zero-order chi connectivity index (χ0) is 21.1. The minimum atomic E-state index is -3.31. The van der Waals surface area contributed by atoms with Gasteiger partial charge in [0.2, 0.25) is 16.0 Å². The Morgan fingerprint density at radius 3 is 2.61 bits per heavy atom. The van der Waals surface area contributed by atoms with Crippen LogP contribution in [0.2, 0.25) is 0 Å². The lowest BCUT2D eigenvalue weighted by molar-refractivity contribution is -0.0545. The number of thiocarbonyl (C=S) groups is 1. The van der Waals surface area contributed by atoms with Crippen molar-refractivity contribution in [3.05, 3.63) is 11.3 Å². The average molecular weight is 435 g/mol. The first-order chi connectivity index (χ1) is 13.0. The van der Waals surface area contributed by atoms with Gasteiger partial charge >= 0.3 is 0 Å². The first-order valence-electron chi connectivity index (χ1n) is 8.63. The molecular weight excluding hydrogens is 408 g/mol. The highest BCUT2D eigenvalue weighted by atomic mass is 32.2. The molecule has 1 aliphatic rings. The number of aliphatic hydroxyl groups excluding tert-OH is 2. The van der Waals surface area contributed by atoms with Gasteiger partial charge in [0, 0.05) is 25.6 Å². The van der Waals surface area contributed by atoms with Crippen molar-refractivity contribution in [1.82, 2.24) is 14.7 Å². The van der Waals surface area contributed by atoms with E-state index in [1.54, 1.807) is 6.92 Å². The second kappa shape index (κ2) is 8.80. The Kier molecular flexibility index (Phi) is 7.12. The summed E-state index contributed by atoms with van der Waals surface area (Å²) in [5, 5.41) is 36.1. The number of nitrogens with one attached hydrogen (secondary N) is 3. The van der Waals surface area contributed by atoms with E-state index in [9.17, 15) is 23.7 Å². The highest BCUT2D eigenvalue weighted by Crippen LogP contribution is 2.36. The smallest absolute Gasteiger partial charge is 0.224 e. The average Bonchev–Trinajstić information content (AvgIpc) is 2.84. The Bertz CT molecular complexity index is 836. The number of nitrogens with zero attached hydrogens (tertiary/aromatic N) is 2. The standard InChI is InChI=1S/C15H26N6O5S2/c1-8-10(12(16)27)13(21-15(24)4-3-9(7-22)11(15)23)20-14(19-8)17-5-6-18-28(2,25)26/h9,11,18,22-24H,3-7H2,1-2H3,(H2,16,27)(H2,17,19,20,21). The summed E-state index contributed by atoms with van der Waals surface area (Å²) in [6.45, 7) is 1.75. The highest BCUT2D eigenvalue weighted by Gasteiger charge is 2.47. The van der Waals surface area contributed by atoms with Crippen LogP contribution in [0.15, 0.2) is 0 Å². The Labute approximate surface area is 168 Å². The predicted octanol–water partition coefficient (Wildman–Crippen LogP) is -1.76. The maximum atomic E-state index is 11.1. The van der Waals surface area contributed by atoms with E-state index in [-0.39, 0.29) is 42.9 Å². The van der Waals surface area contributed by atoms with Gasteiger partial charge in [0.15, 0.2) is 5.72 Å². The topological polar surface area (TPSA) is 183 Å². The monoisotopic (exact) mass is 434 g/mol. The van der Waals surface area contributed by atoms with Crippen LogP contribution in [-0.2, 0) is 10.0 Å². The summed E-state index contributed by atoms with van der Waals surface area (Å²) in [5.41, 5.74) is 4.83. The van der Waals surface area contributed by atoms with Crippen LogP contribution >= 0.6 is 12.2 Å². The number of aromatic nitrogens is 2.